The lowest BCUT2D eigenvalue weighted by molar-refractivity contribution is -0.121. The third kappa shape index (κ3) is 6.02. The number of carbonyl (C=O) groups is 2. The van der Waals surface area contributed by atoms with Gasteiger partial charge in [0.15, 0.2) is 11.5 Å². The molecule has 0 aliphatic rings. The van der Waals surface area contributed by atoms with Crippen molar-refractivity contribution in [2.24, 2.45) is 0 Å². The van der Waals surface area contributed by atoms with Crippen molar-refractivity contribution in [3.8, 4) is 17.2 Å². The number of methoxy groups -OCH3 is 3. The molecule has 2 N–H and O–H groups in total. The van der Waals surface area contributed by atoms with E-state index in [1.807, 2.05) is 12.1 Å². The van der Waals surface area contributed by atoms with E-state index in [9.17, 15) is 9.59 Å². The number of hydrogen-bond donors (Lipinski definition) is 2. The molecule has 0 bridgehead atoms. The van der Waals surface area contributed by atoms with Crippen molar-refractivity contribution >= 4 is 39.5 Å². The molecule has 28 heavy (non-hydrogen) atoms. The smallest absolute Gasteiger partial charge is 0.244 e. The van der Waals surface area contributed by atoms with Gasteiger partial charge in [-0.3, -0.25) is 9.59 Å². The second-order valence-electron chi connectivity index (χ2n) is 5.56. The first kappa shape index (κ1) is 21.3. The largest absolute Gasteiger partial charge is 0.493 e. The summed E-state index contributed by atoms with van der Waals surface area (Å²) < 4.78 is 16.7. The number of benzene rings is 2. The molecule has 148 valence electrons. The van der Waals surface area contributed by atoms with Gasteiger partial charge in [0.1, 0.15) is 0 Å². The minimum atomic E-state index is -0.403. The monoisotopic (exact) mass is 448 g/mol. The van der Waals surface area contributed by atoms with Gasteiger partial charge in [0, 0.05) is 16.2 Å². The third-order valence-electron chi connectivity index (χ3n) is 3.67. The highest BCUT2D eigenvalue weighted by Gasteiger charge is 2.12. The van der Waals surface area contributed by atoms with Crippen molar-refractivity contribution in [3.63, 3.8) is 0 Å². The molecular weight excluding hydrogens is 428 g/mol. The number of nitrogens with one attached hydrogen (secondary N) is 2. The van der Waals surface area contributed by atoms with Crippen LogP contribution in [-0.4, -0.2) is 39.7 Å². The van der Waals surface area contributed by atoms with Crippen LogP contribution in [-0.2, 0) is 9.59 Å². The van der Waals surface area contributed by atoms with Crippen LogP contribution in [0.5, 0.6) is 17.2 Å². The van der Waals surface area contributed by atoms with E-state index in [4.69, 9.17) is 14.2 Å². The van der Waals surface area contributed by atoms with E-state index in [0.717, 1.165) is 4.47 Å². The van der Waals surface area contributed by atoms with Gasteiger partial charge in [-0.2, -0.15) is 0 Å². The zero-order valence-electron chi connectivity index (χ0n) is 15.7. The van der Waals surface area contributed by atoms with Crippen molar-refractivity contribution < 1.29 is 23.8 Å². The number of ether oxygens (including phenoxy) is 3. The molecule has 0 saturated heterocycles. The van der Waals surface area contributed by atoms with E-state index in [-0.39, 0.29) is 12.5 Å². The summed E-state index contributed by atoms with van der Waals surface area (Å²) >= 11 is 3.32. The SMILES string of the molecule is COc1cc(C=CC(=O)NCC(=O)Nc2ccc(Br)cc2)cc(OC)c1OC. The van der Waals surface area contributed by atoms with Crippen molar-refractivity contribution in [1.29, 1.82) is 0 Å². The molecule has 0 spiro atoms. The molecule has 0 fully saturated rings. The van der Waals surface area contributed by atoms with E-state index < -0.39 is 5.91 Å². The Kier molecular flexibility index (Phi) is 7.88. The molecule has 2 aromatic carbocycles. The van der Waals surface area contributed by atoms with E-state index in [1.54, 1.807) is 30.3 Å². The zero-order chi connectivity index (χ0) is 20.5. The Morgan fingerprint density at radius 2 is 1.61 bits per heavy atom. The van der Waals surface area contributed by atoms with Crippen molar-refractivity contribution in [1.82, 2.24) is 5.32 Å². The predicted octanol–water partition coefficient (Wildman–Crippen LogP) is 3.24. The molecule has 2 aromatic rings. The number of carbonyl (C=O) groups excluding carboxylic acids is 2. The molecule has 0 aliphatic carbocycles. The normalized spacial score (nSPS) is 10.4. The summed E-state index contributed by atoms with van der Waals surface area (Å²) in [7, 11) is 4.55. The van der Waals surface area contributed by atoms with Crippen molar-refractivity contribution in [2.75, 3.05) is 33.2 Å². The predicted molar refractivity (Wildman–Crippen MR) is 111 cm³/mol. The van der Waals surface area contributed by atoms with Crippen LogP contribution in [0.4, 0.5) is 5.69 Å². The first-order valence-electron chi connectivity index (χ1n) is 8.28. The quantitative estimate of drug-likeness (QED) is 0.605. The minimum absolute atomic E-state index is 0.144. The van der Waals surface area contributed by atoms with Crippen LogP contribution in [0.1, 0.15) is 5.56 Å². The Labute approximate surface area is 171 Å². The van der Waals surface area contributed by atoms with Crippen LogP contribution in [0, 0.1) is 0 Å². The molecule has 0 saturated carbocycles. The van der Waals surface area contributed by atoms with Crippen LogP contribution in [0.3, 0.4) is 0 Å². The van der Waals surface area contributed by atoms with Gasteiger partial charge in [-0.05, 0) is 48.0 Å². The van der Waals surface area contributed by atoms with E-state index in [0.29, 0.717) is 28.5 Å². The maximum Gasteiger partial charge on any atom is 0.244 e. The van der Waals surface area contributed by atoms with Gasteiger partial charge in [0.05, 0.1) is 27.9 Å². The van der Waals surface area contributed by atoms with Crippen molar-refractivity contribution in [3.05, 3.63) is 52.5 Å². The molecule has 0 radical (unpaired) electrons. The number of hydrogen-bond acceptors (Lipinski definition) is 5. The fourth-order valence-electron chi connectivity index (χ4n) is 2.33. The lowest BCUT2D eigenvalue weighted by Crippen LogP contribution is -2.31. The number of halogens is 1. The van der Waals surface area contributed by atoms with Gasteiger partial charge in [0.25, 0.3) is 0 Å². The highest BCUT2D eigenvalue weighted by atomic mass is 79.9. The van der Waals surface area contributed by atoms with E-state index in [2.05, 4.69) is 26.6 Å². The molecule has 0 atom stereocenters. The molecule has 0 heterocycles. The fraction of sp³-hybridized carbons (Fsp3) is 0.200. The molecule has 8 heteroatoms. The Balaban J connectivity index is 1.94. The van der Waals surface area contributed by atoms with E-state index in [1.165, 1.54) is 27.4 Å². The Morgan fingerprint density at radius 1 is 1.00 bits per heavy atom. The Bertz CT molecular complexity index is 840. The standard InChI is InChI=1S/C20H21BrN2O5/c1-26-16-10-13(11-17(27-2)20(16)28-3)4-9-18(24)22-12-19(25)23-15-7-5-14(21)6-8-15/h4-11H,12H2,1-3H3,(H,22,24)(H,23,25). The summed E-state index contributed by atoms with van der Waals surface area (Å²) in [5.41, 5.74) is 1.33. The van der Waals surface area contributed by atoms with Gasteiger partial charge >= 0.3 is 0 Å². The van der Waals surface area contributed by atoms with Crippen LogP contribution < -0.4 is 24.8 Å². The third-order valence-corrected chi connectivity index (χ3v) is 4.19. The Hall–Kier alpha value is -3.00. The van der Waals surface area contributed by atoms with Gasteiger partial charge in [-0.1, -0.05) is 15.9 Å². The average Bonchev–Trinajstić information content (AvgIpc) is 2.71. The lowest BCUT2D eigenvalue weighted by atomic mass is 10.1. The lowest BCUT2D eigenvalue weighted by Gasteiger charge is -2.12. The zero-order valence-corrected chi connectivity index (χ0v) is 17.3. The van der Waals surface area contributed by atoms with Crippen LogP contribution in [0.25, 0.3) is 6.08 Å². The molecule has 2 rings (SSSR count). The van der Waals surface area contributed by atoms with Gasteiger partial charge in [-0.25, -0.2) is 0 Å². The summed E-state index contributed by atoms with van der Waals surface area (Å²) in [6.45, 7) is -0.144. The number of amides is 2. The topological polar surface area (TPSA) is 85.9 Å². The maximum absolute atomic E-state index is 12.0. The van der Waals surface area contributed by atoms with Gasteiger partial charge in [-0.15, -0.1) is 0 Å². The van der Waals surface area contributed by atoms with Crippen LogP contribution in [0.15, 0.2) is 46.9 Å². The second kappa shape index (κ2) is 10.4. The van der Waals surface area contributed by atoms with Crippen LogP contribution >= 0.6 is 15.9 Å². The second-order valence-corrected chi connectivity index (χ2v) is 6.48. The van der Waals surface area contributed by atoms with Gasteiger partial charge < -0.3 is 24.8 Å². The molecule has 2 amide bonds. The average molecular weight is 449 g/mol. The highest BCUT2D eigenvalue weighted by Crippen LogP contribution is 2.38. The highest BCUT2D eigenvalue weighted by molar-refractivity contribution is 9.10. The molecule has 0 unspecified atom stereocenters. The molecule has 0 aromatic heterocycles. The minimum Gasteiger partial charge on any atom is -0.493 e. The molecular formula is C20H21BrN2O5. The first-order valence-corrected chi connectivity index (χ1v) is 9.07. The van der Waals surface area contributed by atoms with Crippen LogP contribution in [0.2, 0.25) is 0 Å². The van der Waals surface area contributed by atoms with Crippen molar-refractivity contribution in [2.45, 2.75) is 0 Å². The maximum atomic E-state index is 12.0. The van der Waals surface area contributed by atoms with Gasteiger partial charge in [0.2, 0.25) is 17.6 Å². The molecule has 7 nitrogen and oxygen atoms in total. The summed E-state index contributed by atoms with van der Waals surface area (Å²) in [4.78, 5) is 23.9. The number of anilines is 1. The summed E-state index contributed by atoms with van der Waals surface area (Å²) in [6.07, 6.45) is 2.92. The summed E-state index contributed by atoms with van der Waals surface area (Å²) in [5, 5.41) is 5.23. The Morgan fingerprint density at radius 3 is 2.14 bits per heavy atom. The summed E-state index contributed by atoms with van der Waals surface area (Å²) in [5.74, 6) is 0.708. The first-order chi connectivity index (χ1) is 13.5. The molecule has 0 aliphatic heterocycles. The number of rotatable bonds is 8. The fourth-order valence-corrected chi connectivity index (χ4v) is 2.60. The summed E-state index contributed by atoms with van der Waals surface area (Å²) in [6, 6.07) is 10.6. The van der Waals surface area contributed by atoms with E-state index >= 15 is 0 Å².